The first-order valence-corrected chi connectivity index (χ1v) is 15.3. The molecular weight excluding hydrogens is 521 g/mol. The summed E-state index contributed by atoms with van der Waals surface area (Å²) in [5.41, 5.74) is 11.8. The van der Waals surface area contributed by atoms with Crippen LogP contribution >= 0.6 is 0 Å². The maximum atomic E-state index is 14.5. The molecule has 0 saturated carbocycles. The van der Waals surface area contributed by atoms with Crippen LogP contribution in [0.25, 0.3) is 0 Å². The number of hydrogen-bond acceptors (Lipinski definition) is 8. The van der Waals surface area contributed by atoms with Crippen molar-refractivity contribution in [3.05, 3.63) is 46.1 Å². The van der Waals surface area contributed by atoms with Crippen LogP contribution in [0.15, 0.2) is 18.2 Å². The van der Waals surface area contributed by atoms with E-state index in [9.17, 15) is 9.65 Å². The molecule has 8 nitrogen and oxygen atoms in total. The highest BCUT2D eigenvalue weighted by molar-refractivity contribution is 5.65. The monoisotopic (exact) mass is 559 g/mol. The van der Waals surface area contributed by atoms with E-state index in [1.165, 1.54) is 0 Å². The number of nitrogens with zero attached hydrogens (tertiary/aromatic N) is 4. The number of anilines is 2. The van der Waals surface area contributed by atoms with E-state index < -0.39 is 11.8 Å². The van der Waals surface area contributed by atoms with Crippen molar-refractivity contribution in [3.8, 4) is 11.9 Å². The van der Waals surface area contributed by atoms with Gasteiger partial charge in [0, 0.05) is 61.1 Å². The lowest BCUT2D eigenvalue weighted by molar-refractivity contribution is -0.0856. The molecule has 6 heterocycles. The molecule has 2 spiro atoms. The Hall–Kier alpha value is -2.93. The van der Waals surface area contributed by atoms with Crippen molar-refractivity contribution < 1.29 is 18.6 Å². The Kier molecular flexibility index (Phi) is 5.83. The van der Waals surface area contributed by atoms with Crippen LogP contribution in [0, 0.1) is 11.3 Å². The summed E-state index contributed by atoms with van der Waals surface area (Å²) in [5.74, 6) is 0.601. The second-order valence-electron chi connectivity index (χ2n) is 13.2. The molecule has 4 atom stereocenters. The Morgan fingerprint density at radius 1 is 1.20 bits per heavy atom. The van der Waals surface area contributed by atoms with E-state index in [1.807, 2.05) is 6.07 Å². The number of alkyl halides is 1. The lowest BCUT2D eigenvalue weighted by Crippen LogP contribution is -2.61. The zero-order chi connectivity index (χ0) is 27.8. The van der Waals surface area contributed by atoms with Gasteiger partial charge in [-0.05, 0) is 63.1 Å². The molecule has 1 aromatic heterocycles. The fraction of sp³-hybridized carbons (Fsp3) is 0.625. The molecule has 6 aliphatic rings. The van der Waals surface area contributed by atoms with Crippen molar-refractivity contribution in [2.75, 3.05) is 50.1 Å². The molecule has 2 N–H and O–H groups in total. The molecule has 41 heavy (non-hydrogen) atoms. The summed E-state index contributed by atoms with van der Waals surface area (Å²) in [7, 11) is 0. The largest absolute Gasteiger partial charge is 0.476 e. The number of rotatable bonds is 4. The molecule has 9 heteroatoms. The number of benzene rings is 1. The molecule has 8 rings (SSSR count). The van der Waals surface area contributed by atoms with Gasteiger partial charge in [-0.3, -0.25) is 4.90 Å². The predicted octanol–water partition coefficient (Wildman–Crippen LogP) is 4.16. The highest BCUT2D eigenvalue weighted by Crippen LogP contribution is 2.51. The van der Waals surface area contributed by atoms with Gasteiger partial charge in [0.1, 0.15) is 24.4 Å². The minimum atomic E-state index is -0.792. The van der Waals surface area contributed by atoms with Gasteiger partial charge in [0.25, 0.3) is 0 Å². The van der Waals surface area contributed by atoms with Gasteiger partial charge in [0.05, 0.1) is 35.5 Å². The summed E-state index contributed by atoms with van der Waals surface area (Å²) >= 11 is 0. The standard InChI is InChI=1S/C32H38FN5O3/c33-22-14-31(6-2-10-37(31)17-22)20-40-28-13-27(38-11-8-30(38)9-12-39-19-30)24-18-41-32(15-26(24)36-28)7-1-3-21-4-5-25(35)23(16-34)29(21)32/h4-5,13,22H,1-3,6-12,14-15,17-20,35H2. The van der Waals surface area contributed by atoms with E-state index in [0.717, 1.165) is 99.3 Å². The third kappa shape index (κ3) is 3.83. The molecule has 4 fully saturated rings. The van der Waals surface area contributed by atoms with Crippen LogP contribution in [0.4, 0.5) is 15.8 Å². The maximum absolute atomic E-state index is 14.5. The summed E-state index contributed by atoms with van der Waals surface area (Å²) < 4.78 is 33.7. The molecular formula is C32H38FN5O3. The van der Waals surface area contributed by atoms with Gasteiger partial charge in [-0.1, -0.05) is 6.07 Å². The number of ether oxygens (including phenoxy) is 3. The van der Waals surface area contributed by atoms with E-state index in [-0.39, 0.29) is 11.1 Å². The normalized spacial score (nSPS) is 33.9. The number of nitrogens with two attached hydrogens (primary N) is 1. The van der Waals surface area contributed by atoms with Crippen molar-refractivity contribution in [3.63, 3.8) is 0 Å². The SMILES string of the molecule is N#Cc1c(N)ccc2c1C1(CCC2)Cc2nc(OCC34CCCN3CC(F)C4)cc(N3CCC34CCOC4)c2CO1. The number of aryl methyl sites for hydroxylation is 1. The van der Waals surface area contributed by atoms with Crippen LogP contribution < -0.4 is 15.4 Å². The molecule has 4 saturated heterocycles. The summed E-state index contributed by atoms with van der Waals surface area (Å²) in [4.78, 5) is 9.90. The van der Waals surface area contributed by atoms with Gasteiger partial charge in [-0.25, -0.2) is 9.37 Å². The Labute approximate surface area is 240 Å². The smallest absolute Gasteiger partial charge is 0.215 e. The zero-order valence-electron chi connectivity index (χ0n) is 23.6. The average Bonchev–Trinajstić information content (AvgIpc) is 3.67. The zero-order valence-corrected chi connectivity index (χ0v) is 23.6. The third-order valence-corrected chi connectivity index (χ3v) is 11.0. The second kappa shape index (κ2) is 9.29. The number of pyridine rings is 1. The van der Waals surface area contributed by atoms with Crippen molar-refractivity contribution >= 4 is 11.4 Å². The molecule has 0 amide bonds. The fourth-order valence-electron chi connectivity index (χ4n) is 8.84. The average molecular weight is 560 g/mol. The quantitative estimate of drug-likeness (QED) is 0.558. The minimum Gasteiger partial charge on any atom is -0.476 e. The first-order valence-electron chi connectivity index (χ1n) is 15.3. The van der Waals surface area contributed by atoms with Crippen LogP contribution in [0.3, 0.4) is 0 Å². The summed E-state index contributed by atoms with van der Waals surface area (Å²) in [6.45, 7) is 4.80. The van der Waals surface area contributed by atoms with E-state index in [0.29, 0.717) is 49.7 Å². The van der Waals surface area contributed by atoms with Crippen LogP contribution in [-0.4, -0.2) is 66.6 Å². The molecule has 2 aromatic rings. The van der Waals surface area contributed by atoms with Crippen molar-refractivity contribution in [1.29, 1.82) is 5.26 Å². The Balaban J connectivity index is 1.19. The summed E-state index contributed by atoms with van der Waals surface area (Å²) in [5, 5.41) is 10.1. The number of hydrogen-bond donors (Lipinski definition) is 1. The number of halogens is 1. The van der Waals surface area contributed by atoms with Gasteiger partial charge in [0.15, 0.2) is 0 Å². The minimum absolute atomic E-state index is 0.0231. The van der Waals surface area contributed by atoms with Crippen LogP contribution in [0.2, 0.25) is 0 Å². The Bertz CT molecular complexity index is 1440. The number of nitriles is 1. The topological polar surface area (TPSA) is 96.9 Å². The van der Waals surface area contributed by atoms with Crippen LogP contribution in [0.5, 0.6) is 5.88 Å². The molecule has 0 bridgehead atoms. The van der Waals surface area contributed by atoms with Gasteiger partial charge >= 0.3 is 0 Å². The molecule has 216 valence electrons. The van der Waals surface area contributed by atoms with Crippen molar-refractivity contribution in [2.45, 2.75) is 87.2 Å². The first kappa shape index (κ1) is 25.8. The number of nitrogen functional groups attached to an aromatic ring is 1. The summed E-state index contributed by atoms with van der Waals surface area (Å²) in [6, 6.07) is 8.37. The van der Waals surface area contributed by atoms with Gasteiger partial charge in [-0.2, -0.15) is 5.26 Å². The fourth-order valence-corrected chi connectivity index (χ4v) is 8.84. The predicted molar refractivity (Wildman–Crippen MR) is 152 cm³/mol. The van der Waals surface area contributed by atoms with E-state index in [4.69, 9.17) is 24.9 Å². The molecule has 1 aromatic carbocycles. The van der Waals surface area contributed by atoms with Gasteiger partial charge in [0.2, 0.25) is 5.88 Å². The molecule has 5 aliphatic heterocycles. The van der Waals surface area contributed by atoms with Crippen LogP contribution in [0.1, 0.15) is 72.9 Å². The number of fused-ring (bicyclic) bond motifs is 4. The maximum Gasteiger partial charge on any atom is 0.215 e. The third-order valence-electron chi connectivity index (χ3n) is 11.0. The van der Waals surface area contributed by atoms with Crippen molar-refractivity contribution in [1.82, 2.24) is 9.88 Å². The highest BCUT2D eigenvalue weighted by Gasteiger charge is 2.51. The lowest BCUT2D eigenvalue weighted by Gasteiger charge is -2.53. The van der Waals surface area contributed by atoms with E-state index in [1.54, 1.807) is 0 Å². The van der Waals surface area contributed by atoms with E-state index >= 15 is 0 Å². The molecule has 0 radical (unpaired) electrons. The highest BCUT2D eigenvalue weighted by atomic mass is 19.1. The molecule has 1 aliphatic carbocycles. The van der Waals surface area contributed by atoms with Crippen LogP contribution in [-0.2, 0) is 34.5 Å². The molecule has 4 unspecified atom stereocenters. The first-order chi connectivity index (χ1) is 19.9. The number of aromatic nitrogens is 1. The van der Waals surface area contributed by atoms with E-state index in [2.05, 4.69) is 28.0 Å². The summed E-state index contributed by atoms with van der Waals surface area (Å²) in [6.07, 6.45) is 7.18. The van der Waals surface area contributed by atoms with Crippen molar-refractivity contribution in [2.24, 2.45) is 0 Å². The lowest BCUT2D eigenvalue weighted by atomic mass is 9.72. The Morgan fingerprint density at radius 3 is 2.93 bits per heavy atom. The van der Waals surface area contributed by atoms with Gasteiger partial charge < -0.3 is 24.8 Å². The second-order valence-corrected chi connectivity index (χ2v) is 13.2. The Morgan fingerprint density at radius 2 is 2.12 bits per heavy atom. The van der Waals surface area contributed by atoms with Gasteiger partial charge in [-0.15, -0.1) is 0 Å².